The monoisotopic (exact) mass is 602 g/mol. The van der Waals surface area contributed by atoms with E-state index in [1.165, 1.54) is 4.68 Å². The minimum atomic E-state index is -0.595. The molecule has 4 rings (SSSR count). The summed E-state index contributed by atoms with van der Waals surface area (Å²) in [5.74, 6) is 6.35. The zero-order valence-electron chi connectivity index (χ0n) is 27.8. The number of fused-ring (bicyclic) bond motifs is 1. The van der Waals surface area contributed by atoms with Crippen LogP contribution in [0.2, 0.25) is 0 Å². The highest BCUT2D eigenvalue weighted by atomic mass is 16.6. The van der Waals surface area contributed by atoms with Crippen molar-refractivity contribution in [3.05, 3.63) is 27.7 Å². The molecule has 0 radical (unpaired) electrons. The van der Waals surface area contributed by atoms with Gasteiger partial charge in [0.2, 0.25) is 5.91 Å². The number of aromatic nitrogens is 1. The van der Waals surface area contributed by atoms with Crippen LogP contribution in [0.15, 0.2) is 10.9 Å². The summed E-state index contributed by atoms with van der Waals surface area (Å²) in [6.45, 7) is 21.8. The van der Waals surface area contributed by atoms with Crippen LogP contribution >= 0.6 is 0 Å². The third kappa shape index (κ3) is 7.20. The molecule has 4 atom stereocenters. The van der Waals surface area contributed by atoms with Crippen LogP contribution in [0.1, 0.15) is 86.4 Å². The number of morpholine rings is 1. The molecule has 2 saturated heterocycles. The minimum absolute atomic E-state index is 0.0297. The van der Waals surface area contributed by atoms with E-state index in [9.17, 15) is 14.4 Å². The van der Waals surface area contributed by atoms with Crippen LogP contribution in [0.5, 0.6) is 0 Å². The van der Waals surface area contributed by atoms with Crippen molar-refractivity contribution in [3.63, 3.8) is 0 Å². The van der Waals surface area contributed by atoms with Gasteiger partial charge in [0.25, 0.3) is 5.56 Å². The van der Waals surface area contributed by atoms with Gasteiger partial charge in [0.15, 0.2) is 0 Å². The SMILES string of the molecule is CCCCc1cc2c(n(N)c1=O)C(C)(C)CN2C(=O)CN1C[C@@H](C)N(C(=O)OC(C)(C)C)C[C@@H]1CN1[C@H](C)COC[C@H]1C. The predicted molar refractivity (Wildman–Crippen MR) is 169 cm³/mol. The number of pyridine rings is 1. The summed E-state index contributed by atoms with van der Waals surface area (Å²) in [5, 5.41) is 0. The van der Waals surface area contributed by atoms with E-state index in [1.807, 2.05) is 57.4 Å². The zero-order chi connectivity index (χ0) is 31.9. The van der Waals surface area contributed by atoms with Crippen LogP contribution < -0.4 is 16.3 Å². The number of nitrogens with two attached hydrogens (primary N) is 1. The number of hydrogen-bond acceptors (Lipinski definition) is 8. The third-order valence-electron chi connectivity index (χ3n) is 9.07. The van der Waals surface area contributed by atoms with Gasteiger partial charge in [0, 0.05) is 61.3 Å². The van der Waals surface area contributed by atoms with Gasteiger partial charge >= 0.3 is 6.09 Å². The lowest BCUT2D eigenvalue weighted by Crippen LogP contribution is -2.65. The number of piperazine rings is 1. The first-order valence-electron chi connectivity index (χ1n) is 16.0. The molecular weight excluding hydrogens is 548 g/mol. The van der Waals surface area contributed by atoms with Crippen molar-refractivity contribution in [3.8, 4) is 0 Å². The number of carbonyl (C=O) groups excluding carboxylic acids is 2. The third-order valence-corrected chi connectivity index (χ3v) is 9.07. The Balaban J connectivity index is 1.62. The fraction of sp³-hybridized carbons (Fsp3) is 0.781. The molecule has 4 heterocycles. The lowest BCUT2D eigenvalue weighted by atomic mass is 9.90. The average molecular weight is 603 g/mol. The van der Waals surface area contributed by atoms with Gasteiger partial charge in [-0.3, -0.25) is 19.4 Å². The van der Waals surface area contributed by atoms with Gasteiger partial charge in [-0.15, -0.1) is 0 Å². The molecule has 3 aliphatic heterocycles. The maximum atomic E-state index is 14.2. The fourth-order valence-corrected chi connectivity index (χ4v) is 6.83. The molecular formula is C32H54N6O5. The van der Waals surface area contributed by atoms with Crippen molar-refractivity contribution < 1.29 is 19.1 Å². The van der Waals surface area contributed by atoms with Crippen molar-refractivity contribution in [2.45, 2.75) is 117 Å². The van der Waals surface area contributed by atoms with Gasteiger partial charge in [0.1, 0.15) is 5.60 Å². The second kappa shape index (κ2) is 12.8. The number of carbonyl (C=O) groups is 2. The van der Waals surface area contributed by atoms with E-state index in [0.29, 0.717) is 57.1 Å². The number of aryl methyl sites for hydroxylation is 1. The van der Waals surface area contributed by atoms with E-state index in [1.54, 1.807) is 0 Å². The highest BCUT2D eigenvalue weighted by molar-refractivity contribution is 5.97. The summed E-state index contributed by atoms with van der Waals surface area (Å²) in [6, 6.07) is 2.14. The highest BCUT2D eigenvalue weighted by Crippen LogP contribution is 2.40. The lowest BCUT2D eigenvalue weighted by molar-refractivity contribution is -0.122. The van der Waals surface area contributed by atoms with Crippen molar-refractivity contribution in [2.75, 3.05) is 56.7 Å². The molecule has 43 heavy (non-hydrogen) atoms. The molecule has 11 heteroatoms. The summed E-state index contributed by atoms with van der Waals surface area (Å²) in [5.41, 5.74) is 0.824. The van der Waals surface area contributed by atoms with Gasteiger partial charge in [-0.2, -0.15) is 0 Å². The van der Waals surface area contributed by atoms with Crippen LogP contribution in [-0.4, -0.2) is 107 Å². The van der Waals surface area contributed by atoms with Gasteiger partial charge in [-0.25, -0.2) is 9.47 Å². The van der Waals surface area contributed by atoms with Crippen molar-refractivity contribution in [2.24, 2.45) is 0 Å². The van der Waals surface area contributed by atoms with Gasteiger partial charge in [-0.1, -0.05) is 27.2 Å². The largest absolute Gasteiger partial charge is 0.444 e. The van der Waals surface area contributed by atoms with Crippen molar-refractivity contribution >= 4 is 17.7 Å². The Hall–Kier alpha value is -2.63. The van der Waals surface area contributed by atoms with E-state index >= 15 is 0 Å². The van der Waals surface area contributed by atoms with E-state index < -0.39 is 11.0 Å². The van der Waals surface area contributed by atoms with Gasteiger partial charge in [0.05, 0.1) is 31.1 Å². The number of anilines is 1. The van der Waals surface area contributed by atoms with Crippen molar-refractivity contribution in [1.82, 2.24) is 19.4 Å². The number of nitrogens with zero attached hydrogens (tertiary/aromatic N) is 5. The molecule has 11 nitrogen and oxygen atoms in total. The van der Waals surface area contributed by atoms with E-state index in [4.69, 9.17) is 15.3 Å². The Morgan fingerprint density at radius 1 is 1.09 bits per heavy atom. The Kier molecular flexibility index (Phi) is 9.88. The van der Waals surface area contributed by atoms with Gasteiger partial charge < -0.3 is 25.1 Å². The van der Waals surface area contributed by atoms with E-state index in [2.05, 4.69) is 30.6 Å². The molecule has 0 aliphatic carbocycles. The molecule has 2 N–H and O–H groups in total. The summed E-state index contributed by atoms with van der Waals surface area (Å²) in [4.78, 5) is 48.8. The molecule has 0 unspecified atom stereocenters. The maximum absolute atomic E-state index is 14.2. The molecule has 1 aromatic heterocycles. The average Bonchev–Trinajstić information content (AvgIpc) is 3.17. The fourth-order valence-electron chi connectivity index (χ4n) is 6.83. The predicted octanol–water partition coefficient (Wildman–Crippen LogP) is 2.95. The standard InChI is InChI=1S/C32H54N6O5/c1-10-11-12-24-13-26-28(38(33)29(24)40)32(8,9)20-37(26)27(39)17-34-14-21(2)36(30(41)43-31(5,6)7)16-25(34)15-35-22(3)18-42-19-23(35)4/h13,21-23,25H,10-12,14-20,33H2,1-9H3/t21-,22-,23-,25+/m1/s1. The number of hydrogen-bond donors (Lipinski definition) is 1. The number of unbranched alkanes of at least 4 members (excludes halogenated alkanes) is 1. The van der Waals surface area contributed by atoms with Gasteiger partial charge in [-0.05, 0) is 60.5 Å². The summed E-state index contributed by atoms with van der Waals surface area (Å²) < 4.78 is 12.8. The zero-order valence-corrected chi connectivity index (χ0v) is 27.8. The summed E-state index contributed by atoms with van der Waals surface area (Å²) in [7, 11) is 0. The molecule has 3 aliphatic rings. The molecule has 2 fully saturated rings. The van der Waals surface area contributed by atoms with E-state index in [-0.39, 0.29) is 48.3 Å². The molecule has 1 aromatic rings. The first-order valence-corrected chi connectivity index (χ1v) is 16.0. The quantitative estimate of drug-likeness (QED) is 0.474. The topological polar surface area (TPSA) is 114 Å². The molecule has 0 spiro atoms. The highest BCUT2D eigenvalue weighted by Gasteiger charge is 2.44. The number of nitrogen functional groups attached to an aromatic ring is 1. The minimum Gasteiger partial charge on any atom is -0.444 e. The second-order valence-corrected chi connectivity index (χ2v) is 14.5. The second-order valence-electron chi connectivity index (χ2n) is 14.5. The summed E-state index contributed by atoms with van der Waals surface area (Å²) >= 11 is 0. The van der Waals surface area contributed by atoms with Crippen LogP contribution in [0.25, 0.3) is 0 Å². The molecule has 2 amide bonds. The molecule has 242 valence electrons. The number of ether oxygens (including phenoxy) is 2. The molecule has 0 saturated carbocycles. The van der Waals surface area contributed by atoms with Crippen LogP contribution in [0, 0.1) is 0 Å². The van der Waals surface area contributed by atoms with Crippen LogP contribution in [0.4, 0.5) is 10.5 Å². The normalized spacial score (nSPS) is 26.4. The molecule has 0 bridgehead atoms. The first-order chi connectivity index (χ1) is 20.0. The first kappa shape index (κ1) is 33.3. The Morgan fingerprint density at radius 2 is 1.74 bits per heavy atom. The van der Waals surface area contributed by atoms with Crippen LogP contribution in [0.3, 0.4) is 0 Å². The lowest BCUT2D eigenvalue weighted by Gasteiger charge is -2.48. The smallest absolute Gasteiger partial charge is 0.410 e. The Labute approximate surface area is 257 Å². The number of amides is 2. The Morgan fingerprint density at radius 3 is 2.35 bits per heavy atom. The van der Waals surface area contributed by atoms with Crippen molar-refractivity contribution in [1.29, 1.82) is 0 Å². The van der Waals surface area contributed by atoms with E-state index in [0.717, 1.165) is 18.5 Å². The number of rotatable bonds is 7. The molecule has 0 aromatic carbocycles. The Bertz CT molecular complexity index is 1230. The maximum Gasteiger partial charge on any atom is 0.410 e. The van der Waals surface area contributed by atoms with Crippen LogP contribution in [-0.2, 0) is 26.1 Å². The summed E-state index contributed by atoms with van der Waals surface area (Å²) in [6.07, 6.45) is 2.15.